The van der Waals surface area contributed by atoms with E-state index in [9.17, 15) is 13.2 Å². The minimum atomic E-state index is -3.54. The molecule has 0 saturated carbocycles. The Morgan fingerprint density at radius 2 is 1.86 bits per heavy atom. The highest BCUT2D eigenvalue weighted by Gasteiger charge is 2.26. The van der Waals surface area contributed by atoms with Gasteiger partial charge in [0.2, 0.25) is 15.9 Å². The van der Waals surface area contributed by atoms with Gasteiger partial charge < -0.3 is 9.64 Å². The van der Waals surface area contributed by atoms with E-state index in [1.807, 2.05) is 6.92 Å². The molecule has 122 valence electrons. The monoisotopic (exact) mass is 326 g/mol. The summed E-state index contributed by atoms with van der Waals surface area (Å²) >= 11 is 0. The molecule has 7 heteroatoms. The molecule has 1 heterocycles. The molecular weight excluding hydrogens is 304 g/mol. The molecule has 6 nitrogen and oxygen atoms in total. The normalized spacial score (nSPS) is 16.5. The average Bonchev–Trinajstić information content (AvgIpc) is 2.54. The molecule has 2 rings (SSSR count). The second-order valence-electron chi connectivity index (χ2n) is 5.31. The fourth-order valence-corrected chi connectivity index (χ4v) is 3.82. The van der Waals surface area contributed by atoms with Gasteiger partial charge in [-0.3, -0.25) is 4.79 Å². The molecule has 1 amide bonds. The Balaban J connectivity index is 1.96. The molecule has 1 aliphatic rings. The third-order valence-corrected chi connectivity index (χ3v) is 5.38. The number of carbonyl (C=O) groups is 1. The van der Waals surface area contributed by atoms with Crippen molar-refractivity contribution in [3.63, 3.8) is 0 Å². The zero-order valence-electron chi connectivity index (χ0n) is 12.9. The lowest BCUT2D eigenvalue weighted by molar-refractivity contribution is -0.131. The topological polar surface area (TPSA) is 75.7 Å². The van der Waals surface area contributed by atoms with Crippen molar-refractivity contribution < 1.29 is 17.9 Å². The van der Waals surface area contributed by atoms with Crippen LogP contribution >= 0.6 is 0 Å². The maximum Gasteiger partial charge on any atom is 0.240 e. The molecule has 1 N–H and O–H groups in total. The molecule has 0 unspecified atom stereocenters. The van der Waals surface area contributed by atoms with Gasteiger partial charge in [0, 0.05) is 25.6 Å². The zero-order chi connectivity index (χ0) is 16.2. The van der Waals surface area contributed by atoms with Gasteiger partial charge in [0.15, 0.2) is 0 Å². The van der Waals surface area contributed by atoms with E-state index in [0.717, 1.165) is 0 Å². The number of hydrogen-bond acceptors (Lipinski definition) is 4. The summed E-state index contributed by atoms with van der Waals surface area (Å²) in [6.07, 6.45) is 1.77. The Labute approximate surface area is 131 Å². The van der Waals surface area contributed by atoms with Crippen LogP contribution in [0.15, 0.2) is 29.2 Å². The number of amides is 1. The fourth-order valence-electron chi connectivity index (χ4n) is 2.51. The van der Waals surface area contributed by atoms with E-state index in [1.54, 1.807) is 17.0 Å². The number of nitrogens with one attached hydrogen (secondary N) is 1. The lowest BCUT2D eigenvalue weighted by Crippen LogP contribution is -2.46. The van der Waals surface area contributed by atoms with E-state index in [-0.39, 0.29) is 16.8 Å². The number of benzene rings is 1. The highest BCUT2D eigenvalue weighted by molar-refractivity contribution is 7.89. The molecule has 1 saturated heterocycles. The van der Waals surface area contributed by atoms with Gasteiger partial charge in [0.25, 0.3) is 0 Å². The number of ether oxygens (including phenoxy) is 1. The third-order valence-electron chi connectivity index (χ3n) is 3.84. The van der Waals surface area contributed by atoms with Crippen LogP contribution in [0, 0.1) is 0 Å². The van der Waals surface area contributed by atoms with E-state index in [2.05, 4.69) is 4.72 Å². The lowest BCUT2D eigenvalue weighted by atomic mass is 10.1. The third kappa shape index (κ3) is 3.98. The van der Waals surface area contributed by atoms with Crippen LogP contribution in [0.1, 0.15) is 26.2 Å². The summed E-state index contributed by atoms with van der Waals surface area (Å²) in [7, 11) is -2.00. The maximum absolute atomic E-state index is 12.3. The molecule has 0 aliphatic carbocycles. The van der Waals surface area contributed by atoms with Crippen LogP contribution in [-0.2, 0) is 14.8 Å². The van der Waals surface area contributed by atoms with Crippen LogP contribution < -0.4 is 9.46 Å². The van der Waals surface area contributed by atoms with Gasteiger partial charge in [0.1, 0.15) is 5.75 Å². The SMILES string of the molecule is CCC(=O)N1CCC(NS(=O)(=O)c2ccc(OC)cc2)CC1. The highest BCUT2D eigenvalue weighted by Crippen LogP contribution is 2.18. The zero-order valence-corrected chi connectivity index (χ0v) is 13.7. The second-order valence-corrected chi connectivity index (χ2v) is 7.02. The number of carbonyl (C=O) groups excluding carboxylic acids is 1. The van der Waals surface area contributed by atoms with Gasteiger partial charge in [0.05, 0.1) is 12.0 Å². The van der Waals surface area contributed by atoms with E-state index in [0.29, 0.717) is 38.1 Å². The van der Waals surface area contributed by atoms with Crippen molar-refractivity contribution in [2.45, 2.75) is 37.1 Å². The number of nitrogens with zero attached hydrogens (tertiary/aromatic N) is 1. The minimum Gasteiger partial charge on any atom is -0.497 e. The maximum atomic E-state index is 12.3. The smallest absolute Gasteiger partial charge is 0.240 e. The Morgan fingerprint density at radius 3 is 2.36 bits per heavy atom. The number of piperidine rings is 1. The summed E-state index contributed by atoms with van der Waals surface area (Å²) in [5.74, 6) is 0.738. The summed E-state index contributed by atoms with van der Waals surface area (Å²) in [6, 6.07) is 6.16. The molecule has 0 aromatic heterocycles. The van der Waals surface area contributed by atoms with Crippen molar-refractivity contribution in [3.05, 3.63) is 24.3 Å². The number of sulfonamides is 1. The van der Waals surface area contributed by atoms with E-state index in [4.69, 9.17) is 4.74 Å². The summed E-state index contributed by atoms with van der Waals surface area (Å²) < 4.78 is 32.4. The largest absolute Gasteiger partial charge is 0.497 e. The van der Waals surface area contributed by atoms with Crippen LogP contribution in [0.3, 0.4) is 0 Å². The van der Waals surface area contributed by atoms with Crippen molar-refractivity contribution >= 4 is 15.9 Å². The molecule has 0 bridgehead atoms. The summed E-state index contributed by atoms with van der Waals surface area (Å²) in [5.41, 5.74) is 0. The van der Waals surface area contributed by atoms with E-state index in [1.165, 1.54) is 19.2 Å². The molecule has 0 atom stereocenters. The first kappa shape index (κ1) is 16.8. The number of rotatable bonds is 5. The van der Waals surface area contributed by atoms with Gasteiger partial charge >= 0.3 is 0 Å². The Morgan fingerprint density at radius 1 is 1.27 bits per heavy atom. The molecule has 1 aromatic rings. The predicted molar refractivity (Wildman–Crippen MR) is 83.2 cm³/mol. The minimum absolute atomic E-state index is 0.122. The van der Waals surface area contributed by atoms with Crippen LogP contribution in [-0.4, -0.2) is 45.5 Å². The predicted octanol–water partition coefficient (Wildman–Crippen LogP) is 1.37. The molecular formula is C15H22N2O4S. The molecule has 22 heavy (non-hydrogen) atoms. The average molecular weight is 326 g/mol. The first-order valence-electron chi connectivity index (χ1n) is 7.40. The van der Waals surface area contributed by atoms with Crippen LogP contribution in [0.4, 0.5) is 0 Å². The van der Waals surface area contributed by atoms with Crippen molar-refractivity contribution in [1.29, 1.82) is 0 Å². The van der Waals surface area contributed by atoms with Gasteiger partial charge in [-0.1, -0.05) is 6.92 Å². The fraction of sp³-hybridized carbons (Fsp3) is 0.533. The van der Waals surface area contributed by atoms with E-state index < -0.39 is 10.0 Å². The van der Waals surface area contributed by atoms with Crippen molar-refractivity contribution in [3.8, 4) is 5.75 Å². The van der Waals surface area contributed by atoms with Gasteiger partial charge in [-0.25, -0.2) is 13.1 Å². The van der Waals surface area contributed by atoms with Crippen molar-refractivity contribution in [2.75, 3.05) is 20.2 Å². The second kappa shape index (κ2) is 7.11. The Kier molecular flexibility index (Phi) is 5.42. The van der Waals surface area contributed by atoms with Crippen LogP contribution in [0.5, 0.6) is 5.75 Å². The summed E-state index contributed by atoms with van der Waals surface area (Å²) in [6.45, 7) is 3.03. The van der Waals surface area contributed by atoms with Gasteiger partial charge in [-0.05, 0) is 37.1 Å². The lowest BCUT2D eigenvalue weighted by Gasteiger charge is -2.32. The molecule has 0 spiro atoms. The van der Waals surface area contributed by atoms with Crippen LogP contribution in [0.2, 0.25) is 0 Å². The summed E-state index contributed by atoms with van der Waals surface area (Å²) in [5, 5.41) is 0. The molecule has 1 fully saturated rings. The van der Waals surface area contributed by atoms with Crippen molar-refractivity contribution in [1.82, 2.24) is 9.62 Å². The standard InChI is InChI=1S/C15H22N2O4S/c1-3-15(18)17-10-8-12(9-11-17)16-22(19,20)14-6-4-13(21-2)5-7-14/h4-7,12,16H,3,8-11H2,1-2H3. The number of likely N-dealkylation sites (tertiary alicyclic amines) is 1. The van der Waals surface area contributed by atoms with Gasteiger partial charge in [-0.2, -0.15) is 0 Å². The number of hydrogen-bond donors (Lipinski definition) is 1. The highest BCUT2D eigenvalue weighted by atomic mass is 32.2. The van der Waals surface area contributed by atoms with Crippen LogP contribution in [0.25, 0.3) is 0 Å². The Bertz CT molecular complexity index is 605. The first-order valence-corrected chi connectivity index (χ1v) is 8.88. The van der Waals surface area contributed by atoms with Crippen molar-refractivity contribution in [2.24, 2.45) is 0 Å². The van der Waals surface area contributed by atoms with E-state index >= 15 is 0 Å². The summed E-state index contributed by atoms with van der Waals surface area (Å²) in [4.78, 5) is 13.6. The first-order chi connectivity index (χ1) is 10.5. The molecule has 1 aromatic carbocycles. The molecule has 1 aliphatic heterocycles. The quantitative estimate of drug-likeness (QED) is 0.887. The Hall–Kier alpha value is -1.60. The van der Waals surface area contributed by atoms with Gasteiger partial charge in [-0.15, -0.1) is 0 Å². The number of methoxy groups -OCH3 is 1. The molecule has 0 radical (unpaired) electrons.